The molecular weight excluding hydrogens is 646 g/mol. The molecule has 25 heteroatoms. The molecule has 0 amide bonds. The zero-order chi connectivity index (χ0) is 32.3. The first-order chi connectivity index (χ1) is 21.2. The van der Waals surface area contributed by atoms with E-state index in [-0.39, 0.29) is 40.8 Å². The Balaban J connectivity index is 1.15. The van der Waals surface area contributed by atoms with Crippen LogP contribution in [0.15, 0.2) is 22.2 Å². The van der Waals surface area contributed by atoms with E-state index in [1.807, 2.05) is 0 Å². The number of fused-ring (bicyclic) bond motifs is 2. The number of aromatic nitrogens is 8. The summed E-state index contributed by atoms with van der Waals surface area (Å²) in [6.45, 7) is -1.08. The molecular formula is C20H28N12O11P2. The van der Waals surface area contributed by atoms with Crippen LogP contribution in [0.3, 0.4) is 0 Å². The Morgan fingerprint density at radius 3 is 2.18 bits per heavy atom. The van der Waals surface area contributed by atoms with Gasteiger partial charge >= 0.3 is 15.5 Å². The molecule has 8 atom stereocenters. The van der Waals surface area contributed by atoms with Crippen molar-refractivity contribution < 1.29 is 42.5 Å². The van der Waals surface area contributed by atoms with E-state index in [1.54, 1.807) is 0 Å². The highest BCUT2D eigenvalue weighted by Gasteiger charge is 2.49. The first-order valence-corrected chi connectivity index (χ1v) is 16.4. The number of nitrogen functional groups attached to an aromatic ring is 2. The van der Waals surface area contributed by atoms with Crippen molar-refractivity contribution in [2.45, 2.75) is 49.7 Å². The number of imidazole rings is 2. The van der Waals surface area contributed by atoms with Gasteiger partial charge in [-0.15, -0.1) is 0 Å². The highest BCUT2D eigenvalue weighted by Crippen LogP contribution is 2.44. The van der Waals surface area contributed by atoms with Gasteiger partial charge < -0.3 is 35.8 Å². The number of nitrogens with two attached hydrogens (primary N) is 3. The number of hydrogen-bond acceptors (Lipinski definition) is 15. The van der Waals surface area contributed by atoms with Crippen LogP contribution in [0.4, 0.5) is 11.9 Å². The highest BCUT2D eigenvalue weighted by molar-refractivity contribution is 7.50. The van der Waals surface area contributed by atoms with Crippen LogP contribution in [0.2, 0.25) is 0 Å². The predicted molar refractivity (Wildman–Crippen MR) is 151 cm³/mol. The highest BCUT2D eigenvalue weighted by atomic mass is 31.2. The topological polar surface area (TPSA) is 349 Å². The molecule has 12 N–H and O–H groups in total. The molecule has 4 aromatic heterocycles. The van der Waals surface area contributed by atoms with Crippen molar-refractivity contribution >= 4 is 49.7 Å². The molecule has 2 aliphatic heterocycles. The van der Waals surface area contributed by atoms with Crippen LogP contribution in [0.25, 0.3) is 22.3 Å². The van der Waals surface area contributed by atoms with Crippen LogP contribution in [0.1, 0.15) is 25.3 Å². The van der Waals surface area contributed by atoms with Gasteiger partial charge in [0.2, 0.25) is 11.9 Å². The van der Waals surface area contributed by atoms with E-state index >= 15 is 0 Å². The Hall–Kier alpha value is -3.60. The Bertz CT molecular complexity index is 1950. The van der Waals surface area contributed by atoms with Gasteiger partial charge in [-0.05, 0) is 12.8 Å². The van der Waals surface area contributed by atoms with Gasteiger partial charge in [0.1, 0.15) is 18.4 Å². The molecule has 0 spiro atoms. The first-order valence-electron chi connectivity index (χ1n) is 13.1. The molecule has 0 radical (unpaired) electrons. The fourth-order valence-corrected chi connectivity index (χ4v) is 6.66. The number of aromatic amines is 2. The van der Waals surface area contributed by atoms with Gasteiger partial charge in [-0.3, -0.25) is 37.7 Å². The smallest absolute Gasteiger partial charge is 0.387 e. The van der Waals surface area contributed by atoms with Crippen LogP contribution in [-0.2, 0) is 27.7 Å². The van der Waals surface area contributed by atoms with Crippen molar-refractivity contribution in [3.63, 3.8) is 0 Å². The third kappa shape index (κ3) is 6.41. The minimum Gasteiger partial charge on any atom is -0.387 e. The summed E-state index contributed by atoms with van der Waals surface area (Å²) in [7, 11) is -9.25. The van der Waals surface area contributed by atoms with E-state index in [0.29, 0.717) is 12.8 Å². The van der Waals surface area contributed by atoms with Crippen LogP contribution in [-0.4, -0.2) is 91.5 Å². The van der Waals surface area contributed by atoms with Crippen LogP contribution in [0.5, 0.6) is 0 Å². The zero-order valence-corrected chi connectivity index (χ0v) is 24.7. The third-order valence-corrected chi connectivity index (χ3v) is 8.76. The standard InChI is InChI=1S/C20H28N12O11P2/c21-19-26-14-11(16(34)28-19)24-5-31(14)9-2-1-7(42-9)3-41-45(38,39)30-10-8(4-40-44(23,36)37)43-18(13(10)33)32-6-25-12-15(32)27-20(22)29-17(12)35/h5-10,13,18,33H,1-4H2,(H3,23,36,37)(H2,30,38,39)(H3,21,26,28,34)(H3,22,27,29,35)/t7-,8+,9+,10+,13+,18+/m0/s1. The molecule has 4 aromatic rings. The second-order valence-electron chi connectivity index (χ2n) is 10.2. The summed E-state index contributed by atoms with van der Waals surface area (Å²) in [4.78, 5) is 65.1. The lowest BCUT2D eigenvalue weighted by Gasteiger charge is -2.25. The lowest BCUT2D eigenvalue weighted by molar-refractivity contribution is -0.0467. The van der Waals surface area contributed by atoms with Crippen molar-refractivity contribution in [3.05, 3.63) is 33.4 Å². The molecule has 0 aliphatic carbocycles. The Morgan fingerprint density at radius 2 is 1.56 bits per heavy atom. The fourth-order valence-electron chi connectivity index (χ4n) is 5.16. The minimum absolute atomic E-state index is 0.0627. The Kier molecular flexibility index (Phi) is 8.12. The van der Waals surface area contributed by atoms with E-state index < -0.39 is 70.0 Å². The maximum Gasteiger partial charge on any atom is 0.403 e. The maximum atomic E-state index is 13.1. The molecule has 0 saturated carbocycles. The Labute approximate surface area is 249 Å². The number of hydrogen-bond donors (Lipinski definition) is 9. The average molecular weight is 674 g/mol. The zero-order valence-electron chi connectivity index (χ0n) is 22.9. The number of rotatable bonds is 10. The average Bonchev–Trinajstić information content (AvgIpc) is 3.72. The molecule has 2 aliphatic rings. The van der Waals surface area contributed by atoms with Gasteiger partial charge in [0.05, 0.1) is 38.0 Å². The summed E-state index contributed by atoms with van der Waals surface area (Å²) in [5, 5.41) is 13.5. The van der Waals surface area contributed by atoms with E-state index in [9.17, 15) is 33.6 Å². The summed E-state index contributed by atoms with van der Waals surface area (Å²) in [5.41, 5.74) is 15.2. The lowest BCUT2D eigenvalue weighted by atomic mass is 10.1. The van der Waals surface area contributed by atoms with Gasteiger partial charge in [-0.25, -0.2) is 29.7 Å². The molecule has 2 saturated heterocycles. The van der Waals surface area contributed by atoms with E-state index in [4.69, 9.17) is 35.5 Å². The molecule has 2 unspecified atom stereocenters. The summed E-state index contributed by atoms with van der Waals surface area (Å²) >= 11 is 0. The van der Waals surface area contributed by atoms with Crippen LogP contribution in [0, 0.1) is 0 Å². The summed E-state index contributed by atoms with van der Waals surface area (Å²) in [6, 6.07) is -1.45. The van der Waals surface area contributed by atoms with Crippen LogP contribution < -0.4 is 33.2 Å². The second-order valence-corrected chi connectivity index (χ2v) is 13.2. The van der Waals surface area contributed by atoms with Crippen LogP contribution >= 0.6 is 15.5 Å². The van der Waals surface area contributed by atoms with Crippen molar-refractivity contribution in [2.24, 2.45) is 5.50 Å². The SMILES string of the molecule is Nc1nc2c(ncn2[C@@H]2O[C@H](COP(N)(=O)O)[C@@H](NP(=O)(O)OC[C@@H]3CC[C@H](n4cnc5c(=O)[nH]c(N)nc54)O3)[C@H]2O)c(=O)[nH]1. The molecule has 6 rings (SSSR count). The Morgan fingerprint density at radius 1 is 0.956 bits per heavy atom. The fraction of sp³-hybridized carbons (Fsp3) is 0.500. The first kappa shape index (κ1) is 31.4. The van der Waals surface area contributed by atoms with Crippen molar-refractivity contribution in [1.29, 1.82) is 0 Å². The van der Waals surface area contributed by atoms with Crippen molar-refractivity contribution in [2.75, 3.05) is 24.7 Å². The van der Waals surface area contributed by atoms with Gasteiger partial charge in [-0.1, -0.05) is 0 Å². The lowest BCUT2D eigenvalue weighted by Crippen LogP contribution is -2.44. The number of H-pyrrole nitrogens is 2. The monoisotopic (exact) mass is 674 g/mol. The second kappa shape index (κ2) is 11.6. The summed E-state index contributed by atoms with van der Waals surface area (Å²) in [5.74, 6) is -0.354. The van der Waals surface area contributed by atoms with Crippen molar-refractivity contribution in [1.82, 2.24) is 44.1 Å². The molecule has 244 valence electrons. The molecule has 2 fully saturated rings. The maximum absolute atomic E-state index is 13.1. The largest absolute Gasteiger partial charge is 0.403 e. The quantitative estimate of drug-likeness (QED) is 0.0785. The van der Waals surface area contributed by atoms with Gasteiger partial charge in [0.25, 0.3) is 11.1 Å². The van der Waals surface area contributed by atoms with Crippen molar-refractivity contribution in [3.8, 4) is 0 Å². The van der Waals surface area contributed by atoms with Gasteiger partial charge in [0.15, 0.2) is 28.6 Å². The molecule has 23 nitrogen and oxygen atoms in total. The summed E-state index contributed by atoms with van der Waals surface area (Å²) in [6.07, 6.45) is -2.36. The number of ether oxygens (including phenoxy) is 2. The summed E-state index contributed by atoms with van der Waals surface area (Å²) < 4.78 is 49.1. The number of nitrogens with one attached hydrogen (secondary N) is 3. The number of nitrogens with zero attached hydrogens (tertiary/aromatic N) is 6. The molecule has 0 aromatic carbocycles. The minimum atomic E-state index is -4.73. The van der Waals surface area contributed by atoms with E-state index in [2.05, 4.69) is 35.0 Å². The normalized spacial score (nSPS) is 28.1. The molecule has 0 bridgehead atoms. The number of aliphatic hydroxyl groups excluding tert-OH is 1. The third-order valence-electron chi connectivity index (χ3n) is 7.12. The molecule has 45 heavy (non-hydrogen) atoms. The van der Waals surface area contributed by atoms with E-state index in [0.717, 1.165) is 10.9 Å². The van der Waals surface area contributed by atoms with Gasteiger partial charge in [0, 0.05) is 0 Å². The van der Waals surface area contributed by atoms with E-state index in [1.165, 1.54) is 10.9 Å². The van der Waals surface area contributed by atoms with Gasteiger partial charge in [-0.2, -0.15) is 9.97 Å². The molecule has 6 heterocycles. The predicted octanol–water partition coefficient (Wildman–Crippen LogP) is -2.50. The number of anilines is 2. The number of aliphatic hydroxyl groups is 1.